The Labute approximate surface area is 157 Å². The minimum absolute atomic E-state index is 0.257. The van der Waals surface area contributed by atoms with E-state index in [1.165, 1.54) is 16.7 Å². The van der Waals surface area contributed by atoms with Crippen LogP contribution in [-0.4, -0.2) is 23.9 Å². The van der Waals surface area contributed by atoms with Crippen LogP contribution in [0.15, 0.2) is 42.5 Å². The molecular formula is C23H30N2O. The Morgan fingerprint density at radius 2 is 1.77 bits per heavy atom. The highest BCUT2D eigenvalue weighted by atomic mass is 16.2. The van der Waals surface area contributed by atoms with E-state index in [1.807, 2.05) is 4.90 Å². The lowest BCUT2D eigenvalue weighted by molar-refractivity contribution is -0.131. The van der Waals surface area contributed by atoms with E-state index in [0.717, 1.165) is 49.6 Å². The van der Waals surface area contributed by atoms with Gasteiger partial charge in [0.15, 0.2) is 0 Å². The molecule has 0 aromatic heterocycles. The lowest BCUT2D eigenvalue weighted by atomic mass is 9.98. The van der Waals surface area contributed by atoms with Crippen LogP contribution in [0.1, 0.15) is 42.0 Å². The molecule has 1 heterocycles. The van der Waals surface area contributed by atoms with Gasteiger partial charge in [0.05, 0.1) is 6.42 Å². The summed E-state index contributed by atoms with van der Waals surface area (Å²) in [6, 6.07) is 14.7. The molecule has 0 atom stereocenters. The number of nitrogens with zero attached hydrogens (tertiary/aromatic N) is 1. The molecule has 1 fully saturated rings. The molecule has 0 aliphatic carbocycles. The van der Waals surface area contributed by atoms with Gasteiger partial charge in [-0.2, -0.15) is 0 Å². The number of likely N-dealkylation sites (tertiary alicyclic amines) is 1. The van der Waals surface area contributed by atoms with Crippen LogP contribution in [0, 0.1) is 19.8 Å². The summed E-state index contributed by atoms with van der Waals surface area (Å²) in [4.78, 5) is 14.5. The first-order valence-electron chi connectivity index (χ1n) is 9.68. The van der Waals surface area contributed by atoms with Crippen molar-refractivity contribution < 1.29 is 4.79 Å². The van der Waals surface area contributed by atoms with Gasteiger partial charge in [-0.05, 0) is 67.0 Å². The maximum absolute atomic E-state index is 12.4. The molecule has 1 aliphatic heterocycles. The lowest BCUT2D eigenvalue weighted by Gasteiger charge is -2.30. The molecule has 1 saturated heterocycles. The Balaban J connectivity index is 1.53. The third-order valence-corrected chi connectivity index (χ3v) is 5.65. The van der Waals surface area contributed by atoms with Gasteiger partial charge in [-0.3, -0.25) is 4.79 Å². The minimum atomic E-state index is 0.257. The summed E-state index contributed by atoms with van der Waals surface area (Å²) in [5.41, 5.74) is 6.17. The molecule has 26 heavy (non-hydrogen) atoms. The molecule has 3 rings (SSSR count). The van der Waals surface area contributed by atoms with Crippen molar-refractivity contribution in [3.05, 3.63) is 64.7 Å². The van der Waals surface area contributed by atoms with Crippen LogP contribution < -0.4 is 5.32 Å². The molecule has 1 aliphatic rings. The second kappa shape index (κ2) is 8.39. The van der Waals surface area contributed by atoms with Crippen molar-refractivity contribution in [2.75, 3.05) is 18.4 Å². The number of carbonyl (C=O) groups excluding carboxylic acids is 1. The predicted octanol–water partition coefficient (Wildman–Crippen LogP) is 4.72. The zero-order valence-electron chi connectivity index (χ0n) is 16.2. The Kier molecular flexibility index (Phi) is 5.97. The van der Waals surface area contributed by atoms with Gasteiger partial charge in [0.1, 0.15) is 0 Å². The molecule has 3 heteroatoms. The van der Waals surface area contributed by atoms with Crippen LogP contribution in [0.3, 0.4) is 0 Å². The van der Waals surface area contributed by atoms with Gasteiger partial charge in [0.2, 0.25) is 5.91 Å². The first-order valence-corrected chi connectivity index (χ1v) is 9.68. The Hall–Kier alpha value is -2.29. The number of piperidine rings is 1. The normalized spacial score (nSPS) is 15.1. The fourth-order valence-electron chi connectivity index (χ4n) is 3.49. The molecule has 0 unspecified atom stereocenters. The van der Waals surface area contributed by atoms with Crippen molar-refractivity contribution >= 4 is 11.6 Å². The molecule has 1 N–H and O–H groups in total. The fourth-order valence-corrected chi connectivity index (χ4v) is 3.49. The molecule has 0 saturated carbocycles. The van der Waals surface area contributed by atoms with E-state index in [0.29, 0.717) is 6.42 Å². The van der Waals surface area contributed by atoms with E-state index in [4.69, 9.17) is 0 Å². The number of rotatable bonds is 5. The predicted molar refractivity (Wildman–Crippen MR) is 108 cm³/mol. The molecular weight excluding hydrogens is 320 g/mol. The van der Waals surface area contributed by atoms with Crippen molar-refractivity contribution in [2.24, 2.45) is 5.92 Å². The summed E-state index contributed by atoms with van der Waals surface area (Å²) in [6.45, 7) is 9.23. The lowest BCUT2D eigenvalue weighted by Crippen LogP contribution is -2.38. The summed E-state index contributed by atoms with van der Waals surface area (Å²) >= 11 is 0. The Morgan fingerprint density at radius 1 is 1.08 bits per heavy atom. The van der Waals surface area contributed by atoms with Gasteiger partial charge >= 0.3 is 0 Å². The second-order valence-electron chi connectivity index (χ2n) is 7.65. The van der Waals surface area contributed by atoms with Crippen LogP contribution in [-0.2, 0) is 17.8 Å². The van der Waals surface area contributed by atoms with Gasteiger partial charge < -0.3 is 10.2 Å². The van der Waals surface area contributed by atoms with Gasteiger partial charge in [0, 0.05) is 25.3 Å². The maximum Gasteiger partial charge on any atom is 0.226 e. The number of hydrogen-bond acceptors (Lipinski definition) is 2. The van der Waals surface area contributed by atoms with E-state index in [1.54, 1.807) is 0 Å². The smallest absolute Gasteiger partial charge is 0.226 e. The molecule has 3 nitrogen and oxygen atoms in total. The van der Waals surface area contributed by atoms with Crippen molar-refractivity contribution in [2.45, 2.75) is 46.6 Å². The fraction of sp³-hybridized carbons (Fsp3) is 0.435. The van der Waals surface area contributed by atoms with E-state index >= 15 is 0 Å². The Morgan fingerprint density at radius 3 is 2.46 bits per heavy atom. The van der Waals surface area contributed by atoms with Gasteiger partial charge in [-0.1, -0.05) is 37.3 Å². The zero-order chi connectivity index (χ0) is 18.5. The number of nitrogens with one attached hydrogen (secondary N) is 1. The Bertz CT molecular complexity index is 743. The second-order valence-corrected chi connectivity index (χ2v) is 7.65. The van der Waals surface area contributed by atoms with E-state index < -0.39 is 0 Å². The summed E-state index contributed by atoms with van der Waals surface area (Å²) in [5.74, 6) is 1.01. The van der Waals surface area contributed by atoms with Crippen molar-refractivity contribution in [1.82, 2.24) is 4.90 Å². The number of hydrogen-bond donors (Lipinski definition) is 1. The summed E-state index contributed by atoms with van der Waals surface area (Å²) < 4.78 is 0. The summed E-state index contributed by atoms with van der Waals surface area (Å²) in [6.07, 6.45) is 2.77. The number of carbonyl (C=O) groups is 1. The molecule has 2 aromatic carbocycles. The number of aryl methyl sites for hydroxylation is 1. The highest BCUT2D eigenvalue weighted by molar-refractivity contribution is 5.79. The van der Waals surface area contributed by atoms with E-state index in [9.17, 15) is 4.79 Å². The topological polar surface area (TPSA) is 32.3 Å². The minimum Gasteiger partial charge on any atom is -0.381 e. The van der Waals surface area contributed by atoms with Crippen molar-refractivity contribution in [1.29, 1.82) is 0 Å². The number of benzene rings is 2. The van der Waals surface area contributed by atoms with Crippen LogP contribution in [0.2, 0.25) is 0 Å². The third kappa shape index (κ3) is 4.66. The number of amides is 1. The first-order chi connectivity index (χ1) is 12.5. The quantitative estimate of drug-likeness (QED) is 0.846. The number of anilines is 1. The van der Waals surface area contributed by atoms with Gasteiger partial charge in [-0.15, -0.1) is 0 Å². The van der Waals surface area contributed by atoms with Gasteiger partial charge in [-0.25, -0.2) is 0 Å². The molecule has 138 valence electrons. The first kappa shape index (κ1) is 18.5. The molecule has 2 aromatic rings. The molecule has 1 amide bonds. The summed E-state index contributed by atoms with van der Waals surface area (Å²) in [5, 5.41) is 3.48. The molecule has 0 radical (unpaired) electrons. The summed E-state index contributed by atoms with van der Waals surface area (Å²) in [7, 11) is 0. The molecule has 0 bridgehead atoms. The van der Waals surface area contributed by atoms with Crippen molar-refractivity contribution in [3.63, 3.8) is 0 Å². The average Bonchev–Trinajstić information content (AvgIpc) is 2.64. The zero-order valence-corrected chi connectivity index (χ0v) is 16.2. The third-order valence-electron chi connectivity index (χ3n) is 5.65. The van der Waals surface area contributed by atoms with E-state index in [-0.39, 0.29) is 5.91 Å². The van der Waals surface area contributed by atoms with E-state index in [2.05, 4.69) is 68.6 Å². The highest BCUT2D eigenvalue weighted by Gasteiger charge is 2.20. The van der Waals surface area contributed by atoms with Crippen LogP contribution in [0.4, 0.5) is 5.69 Å². The van der Waals surface area contributed by atoms with Gasteiger partial charge in [0.25, 0.3) is 0 Å². The SMILES string of the molecule is Cc1cccc(CNc2ccc(CC(=O)N3CCC(C)CC3)cc2)c1C. The van der Waals surface area contributed by atoms with Crippen molar-refractivity contribution in [3.8, 4) is 0 Å². The van der Waals surface area contributed by atoms with Crippen LogP contribution >= 0.6 is 0 Å². The van der Waals surface area contributed by atoms with Crippen LogP contribution in [0.25, 0.3) is 0 Å². The average molecular weight is 351 g/mol. The molecule has 0 spiro atoms. The largest absolute Gasteiger partial charge is 0.381 e. The monoisotopic (exact) mass is 350 g/mol. The highest BCUT2D eigenvalue weighted by Crippen LogP contribution is 2.19. The van der Waals surface area contributed by atoms with Crippen LogP contribution in [0.5, 0.6) is 0 Å². The maximum atomic E-state index is 12.4. The standard InChI is InChI=1S/C23H30N2O/c1-17-11-13-25(14-12-17)23(26)15-20-7-9-22(10-8-20)24-16-21-6-4-5-18(2)19(21)3/h4-10,17,24H,11-16H2,1-3H3.